The van der Waals surface area contributed by atoms with Crippen molar-refractivity contribution in [1.29, 1.82) is 0 Å². The lowest BCUT2D eigenvalue weighted by atomic mass is 9.97. The van der Waals surface area contributed by atoms with Crippen LogP contribution >= 0.6 is 0 Å². The average Bonchev–Trinajstić information content (AvgIpc) is 2.47. The van der Waals surface area contributed by atoms with E-state index in [4.69, 9.17) is 0 Å². The van der Waals surface area contributed by atoms with Gasteiger partial charge in [0.2, 0.25) is 0 Å². The zero-order valence-electron chi connectivity index (χ0n) is 12.4. The molecule has 0 amide bonds. The van der Waals surface area contributed by atoms with Crippen LogP contribution in [0.2, 0.25) is 0 Å². The molecule has 2 aromatic rings. The summed E-state index contributed by atoms with van der Waals surface area (Å²) < 4.78 is 27.0. The number of rotatable bonds is 6. The van der Waals surface area contributed by atoms with E-state index in [0.29, 0.717) is 5.56 Å². The van der Waals surface area contributed by atoms with Gasteiger partial charge in [-0.3, -0.25) is 4.98 Å². The molecule has 0 spiro atoms. The number of benzene rings is 1. The maximum absolute atomic E-state index is 13.5. The molecule has 1 aromatic carbocycles. The first kappa shape index (κ1) is 15.6. The summed E-state index contributed by atoms with van der Waals surface area (Å²) in [5, 5.41) is 3.34. The topological polar surface area (TPSA) is 24.9 Å². The van der Waals surface area contributed by atoms with Gasteiger partial charge in [0.05, 0.1) is 11.7 Å². The van der Waals surface area contributed by atoms with Crippen molar-refractivity contribution in [2.24, 2.45) is 0 Å². The lowest BCUT2D eigenvalue weighted by Gasteiger charge is -2.21. The Morgan fingerprint density at radius 2 is 1.86 bits per heavy atom. The van der Waals surface area contributed by atoms with Crippen LogP contribution in [-0.2, 0) is 6.42 Å². The molecule has 0 aliphatic rings. The van der Waals surface area contributed by atoms with Crippen LogP contribution in [0.3, 0.4) is 0 Å². The van der Waals surface area contributed by atoms with Crippen molar-refractivity contribution in [3.05, 3.63) is 65.0 Å². The van der Waals surface area contributed by atoms with E-state index in [1.165, 1.54) is 12.1 Å². The Labute approximate surface area is 124 Å². The quantitative estimate of drug-likeness (QED) is 0.869. The number of aryl methyl sites for hydroxylation is 1. The number of pyridine rings is 1. The molecule has 0 saturated carbocycles. The van der Waals surface area contributed by atoms with E-state index in [9.17, 15) is 8.78 Å². The molecular weight excluding hydrogens is 270 g/mol. The van der Waals surface area contributed by atoms with Gasteiger partial charge in [0, 0.05) is 12.3 Å². The zero-order chi connectivity index (χ0) is 15.2. The summed E-state index contributed by atoms with van der Waals surface area (Å²) in [5.41, 5.74) is 2.48. The first-order valence-electron chi connectivity index (χ1n) is 7.28. The summed E-state index contributed by atoms with van der Waals surface area (Å²) in [5.74, 6) is -1.13. The average molecular weight is 290 g/mol. The summed E-state index contributed by atoms with van der Waals surface area (Å²) in [6, 6.07) is 7.20. The van der Waals surface area contributed by atoms with Crippen LogP contribution in [0, 0.1) is 11.6 Å². The maximum Gasteiger partial charge on any atom is 0.126 e. The normalized spacial score (nSPS) is 12.4. The second-order valence-electron chi connectivity index (χ2n) is 4.99. The highest BCUT2D eigenvalue weighted by Gasteiger charge is 2.19. The van der Waals surface area contributed by atoms with Crippen LogP contribution in [0.5, 0.6) is 0 Å². The summed E-state index contributed by atoms with van der Waals surface area (Å²) in [6.45, 7) is 4.85. The Morgan fingerprint density at radius 1 is 1.14 bits per heavy atom. The van der Waals surface area contributed by atoms with Gasteiger partial charge in [-0.05, 0) is 48.7 Å². The third-order valence-electron chi connectivity index (χ3n) is 3.40. The second-order valence-corrected chi connectivity index (χ2v) is 4.99. The summed E-state index contributed by atoms with van der Waals surface area (Å²) in [6.07, 6.45) is 3.47. The minimum atomic E-state index is -0.567. The maximum atomic E-state index is 13.5. The molecule has 1 atom stereocenters. The highest BCUT2D eigenvalue weighted by atomic mass is 19.1. The fraction of sp³-hybridized carbons (Fsp3) is 0.353. The van der Waals surface area contributed by atoms with E-state index in [1.54, 1.807) is 6.20 Å². The van der Waals surface area contributed by atoms with Gasteiger partial charge in [-0.1, -0.05) is 19.9 Å². The molecule has 2 nitrogen and oxygen atoms in total. The smallest absolute Gasteiger partial charge is 0.126 e. The number of nitrogens with one attached hydrogen (secondary N) is 1. The SMILES string of the molecule is CCCNC(c1cc(F)cc(F)c1)c1ncccc1CC. The van der Waals surface area contributed by atoms with Crippen molar-refractivity contribution in [3.8, 4) is 0 Å². The van der Waals surface area contributed by atoms with Crippen LogP contribution in [0.25, 0.3) is 0 Å². The van der Waals surface area contributed by atoms with Crippen molar-refractivity contribution >= 4 is 0 Å². The lowest BCUT2D eigenvalue weighted by Crippen LogP contribution is -2.25. The highest BCUT2D eigenvalue weighted by Crippen LogP contribution is 2.25. The van der Waals surface area contributed by atoms with Crippen LogP contribution in [0.4, 0.5) is 8.78 Å². The summed E-state index contributed by atoms with van der Waals surface area (Å²) in [7, 11) is 0. The van der Waals surface area contributed by atoms with Gasteiger partial charge < -0.3 is 5.32 Å². The number of nitrogens with zero attached hydrogens (tertiary/aromatic N) is 1. The van der Waals surface area contributed by atoms with Crippen molar-refractivity contribution in [2.45, 2.75) is 32.7 Å². The molecule has 0 aliphatic carbocycles. The minimum Gasteiger partial charge on any atom is -0.305 e. The van der Waals surface area contributed by atoms with Gasteiger partial charge in [-0.15, -0.1) is 0 Å². The van der Waals surface area contributed by atoms with E-state index >= 15 is 0 Å². The van der Waals surface area contributed by atoms with E-state index in [2.05, 4.69) is 17.2 Å². The monoisotopic (exact) mass is 290 g/mol. The molecule has 0 bridgehead atoms. The molecule has 2 rings (SSSR count). The zero-order valence-corrected chi connectivity index (χ0v) is 12.4. The second kappa shape index (κ2) is 7.27. The summed E-state index contributed by atoms with van der Waals surface area (Å²) in [4.78, 5) is 4.43. The number of hydrogen-bond acceptors (Lipinski definition) is 2. The molecule has 1 heterocycles. The molecular formula is C17H20F2N2. The Kier molecular flexibility index (Phi) is 5.39. The van der Waals surface area contributed by atoms with Crippen molar-refractivity contribution in [3.63, 3.8) is 0 Å². The Balaban J connectivity index is 2.46. The molecule has 21 heavy (non-hydrogen) atoms. The molecule has 4 heteroatoms. The molecule has 0 aliphatic heterocycles. The largest absolute Gasteiger partial charge is 0.305 e. The van der Waals surface area contributed by atoms with E-state index < -0.39 is 11.6 Å². The molecule has 0 fully saturated rings. The van der Waals surface area contributed by atoms with Gasteiger partial charge in [0.25, 0.3) is 0 Å². The number of halogens is 2. The fourth-order valence-corrected chi connectivity index (χ4v) is 2.41. The van der Waals surface area contributed by atoms with Crippen LogP contribution in [-0.4, -0.2) is 11.5 Å². The Bertz CT molecular complexity index is 579. The molecule has 112 valence electrons. The van der Waals surface area contributed by atoms with Crippen molar-refractivity contribution < 1.29 is 8.78 Å². The third kappa shape index (κ3) is 3.85. The molecule has 0 saturated heterocycles. The van der Waals surface area contributed by atoms with E-state index in [-0.39, 0.29) is 6.04 Å². The van der Waals surface area contributed by atoms with Gasteiger partial charge in [0.1, 0.15) is 11.6 Å². The predicted octanol–water partition coefficient (Wildman–Crippen LogP) is 4.01. The third-order valence-corrected chi connectivity index (χ3v) is 3.40. The molecule has 1 N–H and O–H groups in total. The van der Waals surface area contributed by atoms with Gasteiger partial charge in [-0.25, -0.2) is 8.78 Å². The fourth-order valence-electron chi connectivity index (χ4n) is 2.41. The summed E-state index contributed by atoms with van der Waals surface area (Å²) >= 11 is 0. The van der Waals surface area contributed by atoms with Crippen molar-refractivity contribution in [1.82, 2.24) is 10.3 Å². The molecule has 1 aromatic heterocycles. The predicted molar refractivity (Wildman–Crippen MR) is 80.1 cm³/mol. The number of hydrogen-bond donors (Lipinski definition) is 1. The van der Waals surface area contributed by atoms with Gasteiger partial charge in [0.15, 0.2) is 0 Å². The highest BCUT2D eigenvalue weighted by molar-refractivity contribution is 5.33. The standard InChI is InChI=1S/C17H20F2N2/c1-3-7-20-17(13-9-14(18)11-15(19)10-13)16-12(4-2)6-5-8-21-16/h5-6,8-11,17,20H,3-4,7H2,1-2H3. The Hall–Kier alpha value is -1.81. The number of aromatic nitrogens is 1. The first-order chi connectivity index (χ1) is 10.2. The van der Waals surface area contributed by atoms with Gasteiger partial charge >= 0.3 is 0 Å². The molecule has 0 radical (unpaired) electrons. The van der Waals surface area contributed by atoms with Crippen LogP contribution < -0.4 is 5.32 Å². The van der Waals surface area contributed by atoms with E-state index in [1.807, 2.05) is 19.1 Å². The first-order valence-corrected chi connectivity index (χ1v) is 7.28. The van der Waals surface area contributed by atoms with Crippen LogP contribution in [0.15, 0.2) is 36.5 Å². The van der Waals surface area contributed by atoms with E-state index in [0.717, 1.165) is 36.7 Å². The van der Waals surface area contributed by atoms with Crippen LogP contribution in [0.1, 0.15) is 43.1 Å². The van der Waals surface area contributed by atoms with Crippen molar-refractivity contribution in [2.75, 3.05) is 6.54 Å². The van der Waals surface area contributed by atoms with Gasteiger partial charge in [-0.2, -0.15) is 0 Å². The Morgan fingerprint density at radius 3 is 2.48 bits per heavy atom. The minimum absolute atomic E-state index is 0.300. The molecule has 1 unspecified atom stereocenters. The lowest BCUT2D eigenvalue weighted by molar-refractivity contribution is 0.551.